The molecule has 3 nitrogen and oxygen atoms in total. The van der Waals surface area contributed by atoms with Gasteiger partial charge in [-0.2, -0.15) is 0 Å². The Morgan fingerprint density at radius 3 is 2.05 bits per heavy atom. The first-order valence-corrected chi connectivity index (χ1v) is 8.96. The highest BCUT2D eigenvalue weighted by Gasteiger charge is 2.22. The minimum atomic E-state index is -3.78. The number of sulfonamides is 1. The Balaban J connectivity index is 2.54. The highest BCUT2D eigenvalue weighted by atomic mass is 79.9. The summed E-state index contributed by atoms with van der Waals surface area (Å²) < 4.78 is 41.7. The van der Waals surface area contributed by atoms with E-state index in [0.29, 0.717) is 11.1 Å². The summed E-state index contributed by atoms with van der Waals surface area (Å²) in [5, 5.41) is 0. The molecule has 1 N–H and O–H groups in total. The monoisotopic (exact) mass is 385 g/mol. The molecule has 0 bridgehead atoms. The Bertz CT molecular complexity index is 821. The molecule has 118 valence electrons. The zero-order chi connectivity index (χ0) is 16.7. The number of nitrogens with one attached hydrogen (secondary N) is 1. The number of halogens is 2. The standard InChI is InChI=1S/C16H17BrFNO2S/c1-9-7-10(2)12(4)16(11(9)3)22(20,21)19-13-5-6-14(17)15(18)8-13/h5-8,19H,1-4H3. The largest absolute Gasteiger partial charge is 0.280 e. The van der Waals surface area contributed by atoms with Crippen LogP contribution in [-0.2, 0) is 10.0 Å². The van der Waals surface area contributed by atoms with Crippen molar-refractivity contribution < 1.29 is 12.8 Å². The van der Waals surface area contributed by atoms with Crippen molar-refractivity contribution >= 4 is 31.6 Å². The minimum absolute atomic E-state index is 0.193. The third kappa shape index (κ3) is 3.17. The Kier molecular flexibility index (Phi) is 4.63. The summed E-state index contributed by atoms with van der Waals surface area (Å²) in [6.45, 7) is 7.30. The fraction of sp³-hybridized carbons (Fsp3) is 0.250. The molecule has 0 aliphatic carbocycles. The smallest absolute Gasteiger partial charge is 0.262 e. The second-order valence-corrected chi connectivity index (χ2v) is 7.80. The molecule has 0 unspecified atom stereocenters. The maximum absolute atomic E-state index is 13.6. The maximum atomic E-state index is 13.6. The lowest BCUT2D eigenvalue weighted by Gasteiger charge is -2.16. The molecule has 0 aliphatic heterocycles. The first kappa shape index (κ1) is 17.0. The van der Waals surface area contributed by atoms with E-state index in [4.69, 9.17) is 0 Å². The number of hydrogen-bond donors (Lipinski definition) is 1. The summed E-state index contributed by atoms with van der Waals surface area (Å²) in [6.07, 6.45) is 0. The zero-order valence-electron chi connectivity index (χ0n) is 12.8. The summed E-state index contributed by atoms with van der Waals surface area (Å²) in [5.74, 6) is -0.519. The fourth-order valence-corrected chi connectivity index (χ4v) is 4.26. The molecule has 0 saturated heterocycles. The quantitative estimate of drug-likeness (QED) is 0.837. The molecular weight excluding hydrogens is 369 g/mol. The van der Waals surface area contributed by atoms with Crippen LogP contribution >= 0.6 is 15.9 Å². The van der Waals surface area contributed by atoms with E-state index < -0.39 is 15.8 Å². The van der Waals surface area contributed by atoms with Crippen molar-refractivity contribution in [2.24, 2.45) is 0 Å². The van der Waals surface area contributed by atoms with E-state index >= 15 is 0 Å². The molecule has 22 heavy (non-hydrogen) atoms. The highest BCUT2D eigenvalue weighted by Crippen LogP contribution is 2.28. The number of benzene rings is 2. The second kappa shape index (κ2) is 6.01. The lowest BCUT2D eigenvalue weighted by Crippen LogP contribution is -2.17. The van der Waals surface area contributed by atoms with Crippen molar-refractivity contribution in [3.8, 4) is 0 Å². The van der Waals surface area contributed by atoms with Crippen LogP contribution in [0.1, 0.15) is 22.3 Å². The summed E-state index contributed by atoms with van der Waals surface area (Å²) >= 11 is 3.04. The van der Waals surface area contributed by atoms with Crippen LogP contribution in [0.3, 0.4) is 0 Å². The van der Waals surface area contributed by atoms with E-state index in [1.54, 1.807) is 13.8 Å². The average Bonchev–Trinajstić information content (AvgIpc) is 2.40. The van der Waals surface area contributed by atoms with Gasteiger partial charge in [-0.05, 0) is 84.1 Å². The average molecular weight is 386 g/mol. The molecular formula is C16H17BrFNO2S. The maximum Gasteiger partial charge on any atom is 0.262 e. The Hall–Kier alpha value is -1.40. The molecule has 2 aromatic carbocycles. The first-order valence-electron chi connectivity index (χ1n) is 6.68. The minimum Gasteiger partial charge on any atom is -0.280 e. The molecule has 0 aliphatic rings. The van der Waals surface area contributed by atoms with E-state index in [-0.39, 0.29) is 15.1 Å². The topological polar surface area (TPSA) is 46.2 Å². The van der Waals surface area contributed by atoms with Gasteiger partial charge in [-0.1, -0.05) is 6.07 Å². The molecule has 0 saturated carbocycles. The molecule has 0 aromatic heterocycles. The van der Waals surface area contributed by atoms with Crippen molar-refractivity contribution in [1.29, 1.82) is 0 Å². The second-order valence-electron chi connectivity index (χ2n) is 5.32. The Labute approximate surface area is 138 Å². The summed E-state index contributed by atoms with van der Waals surface area (Å²) in [5.41, 5.74) is 3.41. The van der Waals surface area contributed by atoms with Gasteiger partial charge >= 0.3 is 0 Å². The van der Waals surface area contributed by atoms with Crippen molar-refractivity contribution in [3.05, 3.63) is 56.8 Å². The molecule has 6 heteroatoms. The number of rotatable bonds is 3. The van der Waals surface area contributed by atoms with Gasteiger partial charge in [0.1, 0.15) is 5.82 Å². The van der Waals surface area contributed by atoms with Crippen LogP contribution in [0.25, 0.3) is 0 Å². The summed E-state index contributed by atoms with van der Waals surface area (Å²) in [7, 11) is -3.78. The van der Waals surface area contributed by atoms with Crippen molar-refractivity contribution in [3.63, 3.8) is 0 Å². The number of anilines is 1. The van der Waals surface area contributed by atoms with Crippen molar-refractivity contribution in [2.45, 2.75) is 32.6 Å². The van der Waals surface area contributed by atoms with E-state index in [0.717, 1.165) is 17.2 Å². The predicted octanol–water partition coefficient (Wildman–Crippen LogP) is 4.62. The lowest BCUT2D eigenvalue weighted by atomic mass is 10.0. The van der Waals surface area contributed by atoms with Crippen LogP contribution in [-0.4, -0.2) is 8.42 Å². The van der Waals surface area contributed by atoms with Gasteiger partial charge in [-0.15, -0.1) is 0 Å². The van der Waals surface area contributed by atoms with Crippen LogP contribution in [0.15, 0.2) is 33.6 Å². The van der Waals surface area contributed by atoms with Gasteiger partial charge in [-0.3, -0.25) is 4.72 Å². The lowest BCUT2D eigenvalue weighted by molar-refractivity contribution is 0.599. The zero-order valence-corrected chi connectivity index (χ0v) is 15.2. The summed E-state index contributed by atoms with van der Waals surface area (Å²) in [4.78, 5) is 0.258. The fourth-order valence-electron chi connectivity index (χ4n) is 2.35. The van der Waals surface area contributed by atoms with Crippen LogP contribution < -0.4 is 4.72 Å². The van der Waals surface area contributed by atoms with E-state index in [2.05, 4.69) is 20.7 Å². The Morgan fingerprint density at radius 1 is 1.00 bits per heavy atom. The van der Waals surface area contributed by atoms with Crippen LogP contribution in [0, 0.1) is 33.5 Å². The summed E-state index contributed by atoms with van der Waals surface area (Å²) in [6, 6.07) is 6.09. The van der Waals surface area contributed by atoms with E-state index in [9.17, 15) is 12.8 Å². The van der Waals surface area contributed by atoms with Crippen LogP contribution in [0.4, 0.5) is 10.1 Å². The molecule has 0 atom stereocenters. The first-order chi connectivity index (χ1) is 10.1. The molecule has 2 rings (SSSR count). The molecule has 0 heterocycles. The molecule has 2 aromatic rings. The number of hydrogen-bond acceptors (Lipinski definition) is 2. The van der Waals surface area contributed by atoms with Gasteiger partial charge in [0.25, 0.3) is 10.0 Å². The van der Waals surface area contributed by atoms with Crippen molar-refractivity contribution in [2.75, 3.05) is 4.72 Å². The van der Waals surface area contributed by atoms with Crippen LogP contribution in [0.5, 0.6) is 0 Å². The molecule has 0 amide bonds. The molecule has 0 fully saturated rings. The van der Waals surface area contributed by atoms with Gasteiger partial charge in [0, 0.05) is 0 Å². The van der Waals surface area contributed by atoms with Gasteiger partial charge in [0.15, 0.2) is 0 Å². The van der Waals surface area contributed by atoms with Gasteiger partial charge in [0.05, 0.1) is 15.1 Å². The highest BCUT2D eigenvalue weighted by molar-refractivity contribution is 9.10. The predicted molar refractivity (Wildman–Crippen MR) is 90.3 cm³/mol. The van der Waals surface area contributed by atoms with Crippen LogP contribution in [0.2, 0.25) is 0 Å². The van der Waals surface area contributed by atoms with E-state index in [1.165, 1.54) is 12.1 Å². The van der Waals surface area contributed by atoms with Gasteiger partial charge in [0.2, 0.25) is 0 Å². The third-order valence-electron chi connectivity index (χ3n) is 3.74. The normalized spacial score (nSPS) is 11.5. The number of aryl methyl sites for hydroxylation is 2. The SMILES string of the molecule is Cc1cc(C)c(C)c(S(=O)(=O)Nc2ccc(Br)c(F)c2)c1C. The Morgan fingerprint density at radius 2 is 1.55 bits per heavy atom. The van der Waals surface area contributed by atoms with Crippen molar-refractivity contribution in [1.82, 2.24) is 0 Å². The van der Waals surface area contributed by atoms with E-state index in [1.807, 2.05) is 19.9 Å². The van der Waals surface area contributed by atoms with Gasteiger partial charge < -0.3 is 0 Å². The molecule has 0 spiro atoms. The van der Waals surface area contributed by atoms with Gasteiger partial charge in [-0.25, -0.2) is 12.8 Å². The third-order valence-corrected chi connectivity index (χ3v) is 6.04. The molecule has 0 radical (unpaired) electrons.